The summed E-state index contributed by atoms with van der Waals surface area (Å²) < 4.78 is 6.49. The highest BCUT2D eigenvalue weighted by atomic mass is 127. The number of halogens is 1. The lowest BCUT2D eigenvalue weighted by molar-refractivity contribution is 0.0950. The Balaban J connectivity index is 2.65. The number of nitrogens with one attached hydrogen (secondary N) is 1. The smallest absolute Gasteiger partial charge is 0.251 e. The van der Waals surface area contributed by atoms with Crippen molar-refractivity contribution in [2.75, 3.05) is 33.8 Å². The van der Waals surface area contributed by atoms with E-state index in [4.69, 9.17) is 4.74 Å². The standard InChI is InChI=1S/C13H19IN2O2/c1-4-18-12-9-10(5-6-11(12)14)13(17)15-7-8-16(2)3/h5-6,9H,4,7-8H2,1-3H3,(H,15,17). The van der Waals surface area contributed by atoms with Gasteiger partial charge in [-0.2, -0.15) is 0 Å². The zero-order chi connectivity index (χ0) is 13.5. The van der Waals surface area contributed by atoms with Crippen LogP contribution in [0.3, 0.4) is 0 Å². The number of likely N-dealkylation sites (N-methyl/N-ethyl adjacent to an activating group) is 1. The van der Waals surface area contributed by atoms with E-state index in [9.17, 15) is 4.79 Å². The van der Waals surface area contributed by atoms with Gasteiger partial charge in [-0.25, -0.2) is 0 Å². The van der Waals surface area contributed by atoms with E-state index in [1.54, 1.807) is 6.07 Å². The minimum atomic E-state index is -0.0609. The van der Waals surface area contributed by atoms with Crippen molar-refractivity contribution in [2.24, 2.45) is 0 Å². The molecule has 18 heavy (non-hydrogen) atoms. The molecule has 100 valence electrons. The topological polar surface area (TPSA) is 41.6 Å². The molecular formula is C13H19IN2O2. The highest BCUT2D eigenvalue weighted by molar-refractivity contribution is 14.1. The Morgan fingerprint density at radius 3 is 2.78 bits per heavy atom. The summed E-state index contributed by atoms with van der Waals surface area (Å²) in [6, 6.07) is 5.50. The van der Waals surface area contributed by atoms with Gasteiger partial charge in [-0.15, -0.1) is 0 Å². The van der Waals surface area contributed by atoms with Gasteiger partial charge >= 0.3 is 0 Å². The number of carbonyl (C=O) groups excluding carboxylic acids is 1. The summed E-state index contributed by atoms with van der Waals surface area (Å²) in [5, 5.41) is 2.88. The predicted molar refractivity (Wildman–Crippen MR) is 81.2 cm³/mol. The molecule has 0 aliphatic heterocycles. The quantitative estimate of drug-likeness (QED) is 0.787. The summed E-state index contributed by atoms with van der Waals surface area (Å²) in [6.45, 7) is 4.00. The first-order valence-corrected chi connectivity index (χ1v) is 6.97. The first-order valence-electron chi connectivity index (χ1n) is 5.90. The van der Waals surface area contributed by atoms with Gasteiger partial charge in [-0.1, -0.05) is 0 Å². The Hall–Kier alpha value is -0.820. The third-order valence-electron chi connectivity index (χ3n) is 2.34. The number of benzene rings is 1. The minimum absolute atomic E-state index is 0.0609. The molecule has 1 N–H and O–H groups in total. The van der Waals surface area contributed by atoms with Crippen LogP contribution in [-0.4, -0.2) is 44.6 Å². The van der Waals surface area contributed by atoms with Crippen molar-refractivity contribution < 1.29 is 9.53 Å². The normalized spacial score (nSPS) is 10.5. The molecule has 0 aromatic heterocycles. The maximum Gasteiger partial charge on any atom is 0.251 e. The van der Waals surface area contributed by atoms with E-state index in [0.29, 0.717) is 18.7 Å². The average molecular weight is 362 g/mol. The van der Waals surface area contributed by atoms with Crippen molar-refractivity contribution in [1.82, 2.24) is 10.2 Å². The van der Waals surface area contributed by atoms with Crippen LogP contribution in [0.15, 0.2) is 18.2 Å². The zero-order valence-corrected chi connectivity index (χ0v) is 13.2. The van der Waals surface area contributed by atoms with Crippen molar-refractivity contribution in [3.05, 3.63) is 27.3 Å². The van der Waals surface area contributed by atoms with Crippen LogP contribution in [0, 0.1) is 3.57 Å². The van der Waals surface area contributed by atoms with E-state index in [-0.39, 0.29) is 5.91 Å². The predicted octanol–water partition coefficient (Wildman–Crippen LogP) is 1.98. The van der Waals surface area contributed by atoms with Crippen molar-refractivity contribution >= 4 is 28.5 Å². The van der Waals surface area contributed by atoms with Crippen LogP contribution < -0.4 is 10.1 Å². The summed E-state index contributed by atoms with van der Waals surface area (Å²) in [5.74, 6) is 0.701. The molecule has 1 aromatic rings. The molecule has 0 atom stereocenters. The van der Waals surface area contributed by atoms with Crippen LogP contribution in [0.25, 0.3) is 0 Å². The molecule has 0 heterocycles. The van der Waals surface area contributed by atoms with Gasteiger partial charge in [0.05, 0.1) is 10.2 Å². The fourth-order valence-electron chi connectivity index (χ4n) is 1.41. The first-order chi connectivity index (χ1) is 8.54. The zero-order valence-electron chi connectivity index (χ0n) is 11.0. The second-order valence-electron chi connectivity index (χ2n) is 4.14. The van der Waals surface area contributed by atoms with Crippen LogP contribution in [0.4, 0.5) is 0 Å². The van der Waals surface area contributed by atoms with Crippen LogP contribution in [0.2, 0.25) is 0 Å². The lowest BCUT2D eigenvalue weighted by Crippen LogP contribution is -2.31. The number of amides is 1. The Morgan fingerprint density at radius 1 is 1.44 bits per heavy atom. The van der Waals surface area contributed by atoms with E-state index in [2.05, 4.69) is 27.9 Å². The number of carbonyl (C=O) groups is 1. The van der Waals surface area contributed by atoms with Gasteiger partial charge in [0.1, 0.15) is 5.75 Å². The summed E-state index contributed by atoms with van der Waals surface area (Å²) >= 11 is 2.20. The molecule has 0 aliphatic carbocycles. The molecule has 0 unspecified atom stereocenters. The monoisotopic (exact) mass is 362 g/mol. The Kier molecular flexibility index (Phi) is 6.42. The summed E-state index contributed by atoms with van der Waals surface area (Å²) in [4.78, 5) is 13.9. The number of hydrogen-bond acceptors (Lipinski definition) is 3. The lowest BCUT2D eigenvalue weighted by atomic mass is 10.2. The van der Waals surface area contributed by atoms with E-state index in [1.807, 2.05) is 38.1 Å². The molecule has 5 heteroatoms. The van der Waals surface area contributed by atoms with Gasteiger partial charge in [0.25, 0.3) is 5.91 Å². The highest BCUT2D eigenvalue weighted by Crippen LogP contribution is 2.22. The maximum absolute atomic E-state index is 11.9. The molecule has 0 saturated carbocycles. The minimum Gasteiger partial charge on any atom is -0.493 e. The Labute approximate surface area is 122 Å². The van der Waals surface area contributed by atoms with Crippen molar-refractivity contribution in [3.63, 3.8) is 0 Å². The van der Waals surface area contributed by atoms with Crippen LogP contribution in [0.1, 0.15) is 17.3 Å². The van der Waals surface area contributed by atoms with E-state index >= 15 is 0 Å². The number of rotatable bonds is 6. The van der Waals surface area contributed by atoms with Gasteiger partial charge in [-0.05, 0) is 61.8 Å². The second kappa shape index (κ2) is 7.58. The molecule has 1 amide bonds. The second-order valence-corrected chi connectivity index (χ2v) is 5.30. The van der Waals surface area contributed by atoms with Crippen molar-refractivity contribution in [1.29, 1.82) is 0 Å². The number of ether oxygens (including phenoxy) is 1. The molecule has 4 nitrogen and oxygen atoms in total. The average Bonchev–Trinajstić information content (AvgIpc) is 2.31. The van der Waals surface area contributed by atoms with Crippen LogP contribution >= 0.6 is 22.6 Å². The molecule has 0 radical (unpaired) electrons. The first kappa shape index (κ1) is 15.2. The molecule has 0 bridgehead atoms. The van der Waals surface area contributed by atoms with Gasteiger partial charge in [-0.3, -0.25) is 4.79 Å². The Morgan fingerprint density at radius 2 is 2.17 bits per heavy atom. The van der Waals surface area contributed by atoms with E-state index < -0.39 is 0 Å². The highest BCUT2D eigenvalue weighted by Gasteiger charge is 2.08. The lowest BCUT2D eigenvalue weighted by Gasteiger charge is -2.11. The van der Waals surface area contributed by atoms with Gasteiger partial charge < -0.3 is 15.0 Å². The molecule has 0 spiro atoms. The number of nitrogens with zero attached hydrogens (tertiary/aromatic N) is 1. The van der Waals surface area contributed by atoms with Crippen LogP contribution in [0.5, 0.6) is 5.75 Å². The van der Waals surface area contributed by atoms with E-state index in [1.165, 1.54) is 0 Å². The molecular weight excluding hydrogens is 343 g/mol. The molecule has 1 rings (SSSR count). The third kappa shape index (κ3) is 4.81. The van der Waals surface area contributed by atoms with E-state index in [0.717, 1.165) is 15.9 Å². The van der Waals surface area contributed by atoms with Gasteiger partial charge in [0, 0.05) is 18.7 Å². The van der Waals surface area contributed by atoms with Gasteiger partial charge in [0.2, 0.25) is 0 Å². The Bertz CT molecular complexity index is 408. The maximum atomic E-state index is 11.9. The molecule has 0 fully saturated rings. The largest absolute Gasteiger partial charge is 0.493 e. The summed E-state index contributed by atoms with van der Waals surface area (Å²) in [5.41, 5.74) is 0.637. The number of hydrogen-bond donors (Lipinski definition) is 1. The van der Waals surface area contributed by atoms with Crippen molar-refractivity contribution in [2.45, 2.75) is 6.92 Å². The summed E-state index contributed by atoms with van der Waals surface area (Å²) in [6.07, 6.45) is 0. The molecule has 0 saturated heterocycles. The fraction of sp³-hybridized carbons (Fsp3) is 0.462. The van der Waals surface area contributed by atoms with Gasteiger partial charge in [0.15, 0.2) is 0 Å². The van der Waals surface area contributed by atoms with Crippen molar-refractivity contribution in [3.8, 4) is 5.75 Å². The molecule has 1 aromatic carbocycles. The van der Waals surface area contributed by atoms with Crippen LogP contribution in [-0.2, 0) is 0 Å². The SMILES string of the molecule is CCOc1cc(C(=O)NCCN(C)C)ccc1I. The molecule has 0 aliphatic rings. The summed E-state index contributed by atoms with van der Waals surface area (Å²) in [7, 11) is 3.95. The fourth-order valence-corrected chi connectivity index (χ4v) is 1.90. The third-order valence-corrected chi connectivity index (χ3v) is 3.23.